The van der Waals surface area contributed by atoms with Crippen molar-refractivity contribution in [3.8, 4) is 5.75 Å². The van der Waals surface area contributed by atoms with Gasteiger partial charge in [0.25, 0.3) is 5.91 Å². The number of rotatable bonds is 7. The van der Waals surface area contributed by atoms with Gasteiger partial charge in [-0.2, -0.15) is 0 Å². The molecule has 2 aromatic rings. The van der Waals surface area contributed by atoms with Crippen LogP contribution in [0.3, 0.4) is 0 Å². The maximum absolute atomic E-state index is 13.0. The van der Waals surface area contributed by atoms with E-state index in [9.17, 15) is 4.79 Å². The monoisotopic (exact) mass is 369 g/mol. The molecule has 0 bridgehead atoms. The highest BCUT2D eigenvalue weighted by atomic mass is 16.5. The van der Waals surface area contributed by atoms with Crippen LogP contribution in [0.2, 0.25) is 0 Å². The maximum Gasteiger partial charge on any atom is 0.253 e. The third kappa shape index (κ3) is 4.87. The van der Waals surface area contributed by atoms with Crippen LogP contribution in [0.1, 0.15) is 28.8 Å². The first-order chi connectivity index (χ1) is 13.2. The molecule has 1 unspecified atom stereocenters. The first-order valence-corrected chi connectivity index (χ1v) is 9.26. The average molecular weight is 369 g/mol. The molecule has 144 valence electrons. The van der Waals surface area contributed by atoms with E-state index in [1.54, 1.807) is 14.2 Å². The lowest BCUT2D eigenvalue weighted by molar-refractivity contribution is -0.0824. The fourth-order valence-electron chi connectivity index (χ4n) is 3.49. The minimum absolute atomic E-state index is 0.0220. The summed E-state index contributed by atoms with van der Waals surface area (Å²) in [5, 5.41) is 0. The Morgan fingerprint density at radius 3 is 2.67 bits per heavy atom. The molecule has 5 nitrogen and oxygen atoms in total. The van der Waals surface area contributed by atoms with Crippen molar-refractivity contribution in [3.63, 3.8) is 0 Å². The van der Waals surface area contributed by atoms with Crippen LogP contribution in [0.25, 0.3) is 0 Å². The molecule has 1 aliphatic heterocycles. The van der Waals surface area contributed by atoms with Gasteiger partial charge in [0, 0.05) is 26.3 Å². The van der Waals surface area contributed by atoms with Gasteiger partial charge in [-0.15, -0.1) is 0 Å². The fraction of sp³-hybridized carbons (Fsp3) is 0.409. The smallest absolute Gasteiger partial charge is 0.253 e. The Morgan fingerprint density at radius 1 is 1.11 bits per heavy atom. The molecule has 1 heterocycles. The standard InChI is InChI=1S/C22H27NO4/c1-25-15-18-8-6-9-19(14-18)21(24)23-13-7-12-22(16-23,26-2)17-27-20-10-4-3-5-11-20/h3-6,8-11,14H,7,12-13,15-17H2,1-2H3. The largest absolute Gasteiger partial charge is 0.491 e. The van der Waals surface area contributed by atoms with Crippen molar-refractivity contribution < 1.29 is 19.0 Å². The highest BCUT2D eigenvalue weighted by molar-refractivity contribution is 5.94. The lowest BCUT2D eigenvalue weighted by Crippen LogP contribution is -2.54. The van der Waals surface area contributed by atoms with E-state index in [4.69, 9.17) is 14.2 Å². The summed E-state index contributed by atoms with van der Waals surface area (Å²) < 4.78 is 17.0. The van der Waals surface area contributed by atoms with Crippen molar-refractivity contribution in [3.05, 3.63) is 65.7 Å². The molecule has 2 aromatic carbocycles. The van der Waals surface area contributed by atoms with Crippen molar-refractivity contribution in [2.24, 2.45) is 0 Å². The molecule has 0 N–H and O–H groups in total. The predicted molar refractivity (Wildman–Crippen MR) is 104 cm³/mol. The second kappa shape index (κ2) is 9.02. The van der Waals surface area contributed by atoms with Gasteiger partial charge in [0.05, 0.1) is 13.2 Å². The minimum Gasteiger partial charge on any atom is -0.491 e. The zero-order valence-corrected chi connectivity index (χ0v) is 16.0. The normalized spacial score (nSPS) is 19.7. The van der Waals surface area contributed by atoms with Crippen molar-refractivity contribution in [2.75, 3.05) is 33.9 Å². The van der Waals surface area contributed by atoms with Crippen LogP contribution in [0.5, 0.6) is 5.75 Å². The van der Waals surface area contributed by atoms with Crippen LogP contribution in [-0.2, 0) is 16.1 Å². The van der Waals surface area contributed by atoms with E-state index in [-0.39, 0.29) is 5.91 Å². The summed E-state index contributed by atoms with van der Waals surface area (Å²) in [6.45, 7) is 2.16. The topological polar surface area (TPSA) is 48.0 Å². The Kier molecular flexibility index (Phi) is 6.48. The van der Waals surface area contributed by atoms with Gasteiger partial charge in [0.2, 0.25) is 0 Å². The van der Waals surface area contributed by atoms with E-state index < -0.39 is 5.60 Å². The summed E-state index contributed by atoms with van der Waals surface area (Å²) in [5.74, 6) is 0.832. The van der Waals surface area contributed by atoms with Gasteiger partial charge in [0.1, 0.15) is 18.0 Å². The molecule has 0 aliphatic carbocycles. The molecule has 1 aliphatic rings. The number of likely N-dealkylation sites (tertiary alicyclic amines) is 1. The van der Waals surface area contributed by atoms with Crippen molar-refractivity contribution in [1.82, 2.24) is 4.90 Å². The van der Waals surface area contributed by atoms with Crippen LogP contribution in [-0.4, -0.2) is 50.3 Å². The third-order valence-corrected chi connectivity index (χ3v) is 4.99. The van der Waals surface area contributed by atoms with Crippen molar-refractivity contribution in [1.29, 1.82) is 0 Å². The molecule has 0 saturated carbocycles. The molecule has 0 spiro atoms. The number of carbonyl (C=O) groups excluding carboxylic acids is 1. The molecule has 1 atom stereocenters. The molecule has 1 saturated heterocycles. The number of amides is 1. The first kappa shape index (κ1) is 19.4. The van der Waals surface area contributed by atoms with Crippen LogP contribution in [0.4, 0.5) is 0 Å². The lowest BCUT2D eigenvalue weighted by Gasteiger charge is -2.41. The molecule has 5 heteroatoms. The number of methoxy groups -OCH3 is 2. The first-order valence-electron chi connectivity index (χ1n) is 9.26. The number of carbonyl (C=O) groups is 1. The number of para-hydroxylation sites is 1. The van der Waals surface area contributed by atoms with E-state index in [0.717, 1.165) is 30.7 Å². The quantitative estimate of drug-likeness (QED) is 0.749. The van der Waals surface area contributed by atoms with E-state index in [1.165, 1.54) is 0 Å². The van der Waals surface area contributed by atoms with Crippen LogP contribution in [0.15, 0.2) is 54.6 Å². The van der Waals surface area contributed by atoms with E-state index >= 15 is 0 Å². The number of hydrogen-bond donors (Lipinski definition) is 0. The van der Waals surface area contributed by atoms with Gasteiger partial charge in [-0.3, -0.25) is 4.79 Å². The summed E-state index contributed by atoms with van der Waals surface area (Å²) in [7, 11) is 3.35. The third-order valence-electron chi connectivity index (χ3n) is 4.99. The lowest BCUT2D eigenvalue weighted by atomic mass is 9.92. The van der Waals surface area contributed by atoms with Crippen LogP contribution < -0.4 is 4.74 Å². The molecular weight excluding hydrogens is 342 g/mol. The van der Waals surface area contributed by atoms with E-state index in [0.29, 0.717) is 25.3 Å². The van der Waals surface area contributed by atoms with E-state index in [2.05, 4.69) is 0 Å². The summed E-state index contributed by atoms with van der Waals surface area (Å²) in [6, 6.07) is 17.3. The molecule has 3 rings (SSSR count). The number of ether oxygens (including phenoxy) is 3. The number of benzene rings is 2. The molecule has 0 aromatic heterocycles. The maximum atomic E-state index is 13.0. The molecule has 0 radical (unpaired) electrons. The number of hydrogen-bond acceptors (Lipinski definition) is 4. The summed E-state index contributed by atoms with van der Waals surface area (Å²) >= 11 is 0. The minimum atomic E-state index is -0.492. The second-order valence-corrected chi connectivity index (χ2v) is 6.95. The van der Waals surface area contributed by atoms with E-state index in [1.807, 2.05) is 59.5 Å². The Bertz CT molecular complexity index is 749. The summed E-state index contributed by atoms with van der Waals surface area (Å²) in [5.41, 5.74) is 1.18. The van der Waals surface area contributed by atoms with Crippen molar-refractivity contribution >= 4 is 5.91 Å². The molecular formula is C22H27NO4. The summed E-state index contributed by atoms with van der Waals surface area (Å²) in [4.78, 5) is 14.9. The Balaban J connectivity index is 1.69. The van der Waals surface area contributed by atoms with Gasteiger partial charge in [-0.25, -0.2) is 0 Å². The highest BCUT2D eigenvalue weighted by Crippen LogP contribution is 2.27. The van der Waals surface area contributed by atoms with Crippen LogP contribution in [0, 0.1) is 0 Å². The van der Waals surface area contributed by atoms with Crippen molar-refractivity contribution in [2.45, 2.75) is 25.0 Å². The van der Waals surface area contributed by atoms with Gasteiger partial charge in [-0.05, 0) is 42.7 Å². The zero-order chi connectivity index (χ0) is 19.1. The number of piperidine rings is 1. The van der Waals surface area contributed by atoms with Gasteiger partial charge >= 0.3 is 0 Å². The average Bonchev–Trinajstić information content (AvgIpc) is 2.73. The zero-order valence-electron chi connectivity index (χ0n) is 16.0. The Hall–Kier alpha value is -2.37. The summed E-state index contributed by atoms with van der Waals surface area (Å²) in [6.07, 6.45) is 1.75. The van der Waals surface area contributed by atoms with Gasteiger partial charge in [-0.1, -0.05) is 30.3 Å². The second-order valence-electron chi connectivity index (χ2n) is 6.95. The van der Waals surface area contributed by atoms with Crippen LogP contribution >= 0.6 is 0 Å². The fourth-order valence-corrected chi connectivity index (χ4v) is 3.49. The van der Waals surface area contributed by atoms with Gasteiger partial charge in [0.15, 0.2) is 0 Å². The Morgan fingerprint density at radius 2 is 1.93 bits per heavy atom. The Labute approximate surface area is 160 Å². The SMILES string of the molecule is COCc1cccc(C(=O)N2CCCC(COc3ccccc3)(OC)C2)c1. The molecule has 1 fully saturated rings. The predicted octanol–water partition coefficient (Wildman–Crippen LogP) is 3.53. The highest BCUT2D eigenvalue weighted by Gasteiger charge is 2.38. The molecule has 27 heavy (non-hydrogen) atoms. The number of nitrogens with zero attached hydrogens (tertiary/aromatic N) is 1. The molecule has 1 amide bonds. The van der Waals surface area contributed by atoms with Gasteiger partial charge < -0.3 is 19.1 Å².